The van der Waals surface area contributed by atoms with Crippen LogP contribution < -0.4 is 0 Å². The first-order valence-corrected chi connectivity index (χ1v) is 5.79. The summed E-state index contributed by atoms with van der Waals surface area (Å²) in [6.45, 7) is 0. The summed E-state index contributed by atoms with van der Waals surface area (Å²) in [6, 6.07) is 1.56. The summed E-state index contributed by atoms with van der Waals surface area (Å²) in [5.74, 6) is -0.628. The van der Waals surface area contributed by atoms with Gasteiger partial charge in [-0.2, -0.15) is 13.2 Å². The molecule has 0 amide bonds. The van der Waals surface area contributed by atoms with E-state index >= 15 is 0 Å². The third-order valence-electron chi connectivity index (χ3n) is 1.71. The van der Waals surface area contributed by atoms with Gasteiger partial charge in [0.15, 0.2) is 5.78 Å². The van der Waals surface area contributed by atoms with Crippen LogP contribution in [-0.2, 0) is 0 Å². The number of carbonyl (C=O) groups excluding carboxylic acids is 1. The minimum atomic E-state index is -4.32. The molecule has 2 nitrogen and oxygen atoms in total. The van der Waals surface area contributed by atoms with Crippen molar-refractivity contribution in [1.82, 2.24) is 4.98 Å². The maximum atomic E-state index is 11.9. The highest BCUT2D eigenvalue weighted by Gasteiger charge is 2.28. The minimum absolute atomic E-state index is 0.0208. The predicted molar refractivity (Wildman–Crippen MR) is 59.3 cm³/mol. The van der Waals surface area contributed by atoms with Crippen LogP contribution in [0.3, 0.4) is 0 Å². The maximum absolute atomic E-state index is 11.9. The van der Waals surface area contributed by atoms with Gasteiger partial charge in [-0.25, -0.2) is 0 Å². The van der Waals surface area contributed by atoms with Crippen molar-refractivity contribution in [3.63, 3.8) is 0 Å². The topological polar surface area (TPSA) is 30.0 Å². The van der Waals surface area contributed by atoms with Crippen LogP contribution in [-0.4, -0.2) is 16.9 Å². The van der Waals surface area contributed by atoms with Crippen LogP contribution in [0, 0.1) is 0 Å². The van der Waals surface area contributed by atoms with Crippen molar-refractivity contribution in [3.8, 4) is 0 Å². The normalized spacial score (nSPS) is 11.6. The zero-order valence-electron chi connectivity index (χ0n) is 7.81. The summed E-state index contributed by atoms with van der Waals surface area (Å²) in [4.78, 5) is 15.2. The maximum Gasteiger partial charge on any atom is 0.389 e. The van der Waals surface area contributed by atoms with E-state index in [9.17, 15) is 18.0 Å². The molecule has 88 valence electrons. The fourth-order valence-electron chi connectivity index (χ4n) is 0.993. The fourth-order valence-corrected chi connectivity index (χ4v) is 2.20. The molecule has 0 fully saturated rings. The van der Waals surface area contributed by atoms with Crippen LogP contribution in [0.5, 0.6) is 0 Å². The first-order valence-electron chi connectivity index (χ1n) is 4.20. The number of Topliss-reactive ketones (excluding diaryl/α,β-unsaturated/α-hetero) is 1. The Morgan fingerprint density at radius 2 is 2.00 bits per heavy atom. The fraction of sp³-hybridized carbons (Fsp3) is 0.333. The number of hydrogen-bond acceptors (Lipinski definition) is 2. The van der Waals surface area contributed by atoms with Crippen LogP contribution >= 0.6 is 31.9 Å². The van der Waals surface area contributed by atoms with Gasteiger partial charge in [-0.3, -0.25) is 9.78 Å². The largest absolute Gasteiger partial charge is 0.389 e. The molecule has 1 aromatic heterocycles. The molecule has 1 rings (SSSR count). The van der Waals surface area contributed by atoms with Crippen LogP contribution in [0.4, 0.5) is 13.2 Å². The Hall–Kier alpha value is -0.430. The Kier molecular flexibility index (Phi) is 4.49. The number of carbonyl (C=O) groups is 1. The molecule has 0 aliphatic rings. The Morgan fingerprint density at radius 3 is 2.50 bits per heavy atom. The number of halogens is 5. The van der Waals surface area contributed by atoms with Crippen molar-refractivity contribution in [2.45, 2.75) is 19.0 Å². The summed E-state index contributed by atoms with van der Waals surface area (Å²) in [5.41, 5.74) is 0.0208. The molecule has 0 saturated carbocycles. The molecular formula is C9H6Br2F3NO. The lowest BCUT2D eigenvalue weighted by atomic mass is 10.1. The summed E-state index contributed by atoms with van der Waals surface area (Å²) in [6.07, 6.45) is -4.67. The van der Waals surface area contributed by atoms with Crippen LogP contribution in [0.1, 0.15) is 23.3 Å². The molecule has 1 aromatic rings. The summed E-state index contributed by atoms with van der Waals surface area (Å²) in [7, 11) is 0. The first kappa shape index (κ1) is 13.6. The Balaban J connectivity index is 2.74. The molecule has 1 heterocycles. The van der Waals surface area contributed by atoms with Gasteiger partial charge in [0.25, 0.3) is 0 Å². The first-order chi connectivity index (χ1) is 7.29. The summed E-state index contributed by atoms with van der Waals surface area (Å²) < 4.78 is 36.7. The number of alkyl halides is 3. The van der Waals surface area contributed by atoms with Crippen molar-refractivity contribution >= 4 is 37.6 Å². The van der Waals surface area contributed by atoms with Crippen molar-refractivity contribution in [3.05, 3.63) is 26.9 Å². The van der Waals surface area contributed by atoms with Crippen LogP contribution in [0.2, 0.25) is 0 Å². The second-order valence-electron chi connectivity index (χ2n) is 3.02. The zero-order chi connectivity index (χ0) is 12.3. The third kappa shape index (κ3) is 4.21. The number of rotatable bonds is 3. The van der Waals surface area contributed by atoms with E-state index < -0.39 is 24.8 Å². The lowest BCUT2D eigenvalue weighted by molar-refractivity contribution is -0.133. The highest BCUT2D eigenvalue weighted by atomic mass is 79.9. The molecule has 16 heavy (non-hydrogen) atoms. The molecule has 0 aliphatic heterocycles. The van der Waals surface area contributed by atoms with E-state index in [1.54, 1.807) is 6.07 Å². The molecular weight excluding hydrogens is 355 g/mol. The minimum Gasteiger partial charge on any atom is -0.292 e. The van der Waals surface area contributed by atoms with E-state index in [4.69, 9.17) is 0 Å². The second-order valence-corrected chi connectivity index (χ2v) is 4.79. The Labute approximate surface area is 107 Å². The quantitative estimate of drug-likeness (QED) is 0.758. The van der Waals surface area contributed by atoms with Crippen molar-refractivity contribution in [2.24, 2.45) is 0 Å². The van der Waals surface area contributed by atoms with Gasteiger partial charge in [-0.15, -0.1) is 0 Å². The average molecular weight is 361 g/mol. The molecule has 0 saturated heterocycles. The SMILES string of the molecule is O=C(CCC(F)(F)F)c1ncc(Br)cc1Br. The Bertz CT molecular complexity index is 406. The molecule has 0 bridgehead atoms. The van der Waals surface area contributed by atoms with Gasteiger partial charge >= 0.3 is 6.18 Å². The zero-order valence-corrected chi connectivity index (χ0v) is 11.0. The van der Waals surface area contributed by atoms with Gasteiger partial charge < -0.3 is 0 Å². The number of nitrogens with zero attached hydrogens (tertiary/aromatic N) is 1. The molecule has 0 N–H and O–H groups in total. The van der Waals surface area contributed by atoms with E-state index in [-0.39, 0.29) is 5.69 Å². The third-order valence-corrected chi connectivity index (χ3v) is 2.75. The number of hydrogen-bond donors (Lipinski definition) is 0. The molecule has 7 heteroatoms. The predicted octanol–water partition coefficient (Wildman–Crippen LogP) is 4.13. The van der Waals surface area contributed by atoms with Gasteiger partial charge in [-0.05, 0) is 37.9 Å². The van der Waals surface area contributed by atoms with Gasteiger partial charge in [0.1, 0.15) is 5.69 Å². The van der Waals surface area contributed by atoms with Gasteiger partial charge in [0.2, 0.25) is 0 Å². The van der Waals surface area contributed by atoms with E-state index in [0.717, 1.165) is 0 Å². The number of pyridine rings is 1. The molecule has 0 unspecified atom stereocenters. The lowest BCUT2D eigenvalue weighted by Crippen LogP contribution is -2.12. The summed E-state index contributed by atoms with van der Waals surface area (Å²) >= 11 is 6.21. The standard InChI is InChI=1S/C9H6Br2F3NO/c10-5-3-6(11)8(15-4-5)7(16)1-2-9(12,13)14/h3-4H,1-2H2. The van der Waals surface area contributed by atoms with Gasteiger partial charge in [0.05, 0.1) is 6.42 Å². The van der Waals surface area contributed by atoms with Gasteiger partial charge in [0, 0.05) is 21.6 Å². The average Bonchev–Trinajstić information content (AvgIpc) is 2.13. The van der Waals surface area contributed by atoms with Crippen molar-refractivity contribution in [2.75, 3.05) is 0 Å². The second kappa shape index (κ2) is 5.27. The summed E-state index contributed by atoms with van der Waals surface area (Å²) in [5, 5.41) is 0. The van der Waals surface area contributed by atoms with Crippen molar-refractivity contribution < 1.29 is 18.0 Å². The monoisotopic (exact) mass is 359 g/mol. The lowest BCUT2D eigenvalue weighted by Gasteiger charge is -2.06. The van der Waals surface area contributed by atoms with Gasteiger partial charge in [-0.1, -0.05) is 0 Å². The molecule has 0 aromatic carbocycles. The number of ketones is 1. The molecule has 0 radical (unpaired) electrons. The smallest absolute Gasteiger partial charge is 0.292 e. The van der Waals surface area contributed by atoms with E-state index in [1.807, 2.05) is 0 Å². The highest BCUT2D eigenvalue weighted by molar-refractivity contribution is 9.11. The van der Waals surface area contributed by atoms with Crippen LogP contribution in [0.15, 0.2) is 21.2 Å². The van der Waals surface area contributed by atoms with E-state index in [2.05, 4.69) is 36.8 Å². The van der Waals surface area contributed by atoms with Crippen LogP contribution in [0.25, 0.3) is 0 Å². The number of aromatic nitrogens is 1. The molecule has 0 aliphatic carbocycles. The van der Waals surface area contributed by atoms with E-state index in [0.29, 0.717) is 8.95 Å². The molecule has 0 atom stereocenters. The van der Waals surface area contributed by atoms with Crippen molar-refractivity contribution in [1.29, 1.82) is 0 Å². The highest BCUT2D eigenvalue weighted by Crippen LogP contribution is 2.25. The molecule has 0 spiro atoms. The van der Waals surface area contributed by atoms with E-state index in [1.165, 1.54) is 6.20 Å². The Morgan fingerprint density at radius 1 is 1.38 bits per heavy atom.